The summed E-state index contributed by atoms with van der Waals surface area (Å²) in [6.45, 7) is 5.81. The van der Waals surface area contributed by atoms with Crippen molar-refractivity contribution in [2.45, 2.75) is 26.3 Å². The molecule has 1 N–H and O–H groups in total. The van der Waals surface area contributed by atoms with Gasteiger partial charge in [-0.3, -0.25) is 15.0 Å². The Labute approximate surface area is 234 Å². The molecule has 0 unspecified atom stereocenters. The number of benzene rings is 1. The highest BCUT2D eigenvalue weighted by molar-refractivity contribution is 6.34. The summed E-state index contributed by atoms with van der Waals surface area (Å²) in [6.07, 6.45) is 7.23. The van der Waals surface area contributed by atoms with Gasteiger partial charge in [0.25, 0.3) is 0 Å². The molecule has 0 saturated heterocycles. The van der Waals surface area contributed by atoms with Gasteiger partial charge in [-0.25, -0.2) is 4.79 Å². The highest BCUT2D eigenvalue weighted by Crippen LogP contribution is 2.42. The molecule has 0 atom stereocenters. The summed E-state index contributed by atoms with van der Waals surface area (Å²) in [5, 5.41) is 14.2. The zero-order valence-electron chi connectivity index (χ0n) is 22.0. The standard InChI is InChI=1S/C31H24ClN5O3/c1-18-28(19(2)40-36-18)21-15-25-29(35-16-21)23(22-14-20(30(38)39)10-11-24(22)32)17-37(25)31(3,26-8-4-6-12-33-26)27-9-5-7-13-34-27/h4-17H,1-3H3,(H,38,39). The summed E-state index contributed by atoms with van der Waals surface area (Å²) in [4.78, 5) is 26.2. The summed E-state index contributed by atoms with van der Waals surface area (Å²) in [5.41, 5.74) is 5.94. The van der Waals surface area contributed by atoms with Crippen LogP contribution in [0, 0.1) is 13.8 Å². The van der Waals surface area contributed by atoms with E-state index < -0.39 is 11.5 Å². The van der Waals surface area contributed by atoms with Crippen molar-refractivity contribution >= 4 is 28.6 Å². The van der Waals surface area contributed by atoms with Crippen molar-refractivity contribution in [3.63, 3.8) is 0 Å². The maximum Gasteiger partial charge on any atom is 0.335 e. The summed E-state index contributed by atoms with van der Waals surface area (Å²) >= 11 is 6.67. The normalized spacial score (nSPS) is 11.7. The molecule has 1 aromatic carbocycles. The van der Waals surface area contributed by atoms with Gasteiger partial charge in [0.15, 0.2) is 0 Å². The fourth-order valence-electron chi connectivity index (χ4n) is 5.25. The van der Waals surface area contributed by atoms with E-state index in [9.17, 15) is 9.90 Å². The van der Waals surface area contributed by atoms with Gasteiger partial charge < -0.3 is 14.2 Å². The number of hydrogen-bond donors (Lipinski definition) is 1. The largest absolute Gasteiger partial charge is 0.478 e. The molecule has 5 aromatic heterocycles. The molecule has 0 bridgehead atoms. The Morgan fingerprint density at radius 2 is 1.65 bits per heavy atom. The number of carbonyl (C=O) groups is 1. The Kier molecular flexibility index (Phi) is 6.19. The number of aryl methyl sites for hydroxylation is 2. The molecule has 0 aliphatic carbocycles. The van der Waals surface area contributed by atoms with Gasteiger partial charge in [-0.15, -0.1) is 0 Å². The predicted molar refractivity (Wildman–Crippen MR) is 152 cm³/mol. The SMILES string of the molecule is Cc1noc(C)c1-c1cnc2c(-c3cc(C(=O)O)ccc3Cl)cn(C(C)(c3ccccn3)c3ccccn3)c2c1. The first-order valence-electron chi connectivity index (χ1n) is 12.6. The number of fused-ring (bicyclic) bond motifs is 1. The number of halogens is 1. The average Bonchev–Trinajstić information content (AvgIpc) is 3.52. The maximum atomic E-state index is 11.8. The number of aromatic nitrogens is 5. The molecular weight excluding hydrogens is 526 g/mol. The van der Waals surface area contributed by atoms with Crippen LogP contribution in [0.5, 0.6) is 0 Å². The predicted octanol–water partition coefficient (Wildman–Crippen LogP) is 6.93. The number of aromatic carboxylic acids is 1. The molecule has 0 fully saturated rings. The molecule has 0 radical (unpaired) electrons. The van der Waals surface area contributed by atoms with E-state index in [0.717, 1.165) is 33.7 Å². The van der Waals surface area contributed by atoms with Crippen molar-refractivity contribution in [3.05, 3.63) is 119 Å². The first-order chi connectivity index (χ1) is 19.3. The lowest BCUT2D eigenvalue weighted by Crippen LogP contribution is -2.34. The lowest BCUT2D eigenvalue weighted by Gasteiger charge is -2.31. The van der Waals surface area contributed by atoms with Crippen LogP contribution in [0.25, 0.3) is 33.3 Å². The van der Waals surface area contributed by atoms with E-state index in [1.54, 1.807) is 30.7 Å². The van der Waals surface area contributed by atoms with Gasteiger partial charge in [0, 0.05) is 52.1 Å². The highest BCUT2D eigenvalue weighted by Gasteiger charge is 2.36. The maximum absolute atomic E-state index is 11.8. The van der Waals surface area contributed by atoms with E-state index in [1.807, 2.05) is 62.5 Å². The molecule has 198 valence electrons. The van der Waals surface area contributed by atoms with E-state index in [0.29, 0.717) is 27.4 Å². The number of hydrogen-bond acceptors (Lipinski definition) is 6. The number of carboxylic acid groups (broad SMARTS) is 1. The highest BCUT2D eigenvalue weighted by atomic mass is 35.5. The molecule has 0 spiro atoms. The van der Waals surface area contributed by atoms with Crippen LogP contribution in [0.15, 0.2) is 90.0 Å². The third-order valence-electron chi connectivity index (χ3n) is 7.28. The Hall–Kier alpha value is -4.82. The third-order valence-corrected chi connectivity index (χ3v) is 7.60. The van der Waals surface area contributed by atoms with Gasteiger partial charge >= 0.3 is 5.97 Å². The van der Waals surface area contributed by atoms with Crippen LogP contribution in [0.2, 0.25) is 5.02 Å². The van der Waals surface area contributed by atoms with E-state index in [2.05, 4.69) is 16.6 Å². The number of pyridine rings is 3. The molecule has 0 aliphatic rings. The first-order valence-corrected chi connectivity index (χ1v) is 13.0. The monoisotopic (exact) mass is 549 g/mol. The topological polar surface area (TPSA) is 107 Å². The summed E-state index contributed by atoms with van der Waals surface area (Å²) < 4.78 is 7.53. The number of carboxylic acids is 1. The van der Waals surface area contributed by atoms with Crippen LogP contribution in [0.1, 0.15) is 40.1 Å². The average molecular weight is 550 g/mol. The van der Waals surface area contributed by atoms with Crippen LogP contribution in [-0.2, 0) is 5.54 Å². The minimum Gasteiger partial charge on any atom is -0.478 e. The minimum atomic E-state index is -1.04. The Morgan fingerprint density at radius 1 is 0.950 bits per heavy atom. The zero-order valence-corrected chi connectivity index (χ0v) is 22.7. The van der Waals surface area contributed by atoms with Gasteiger partial charge in [0.1, 0.15) is 11.3 Å². The number of rotatable bonds is 6. The molecule has 5 heterocycles. The van der Waals surface area contributed by atoms with Gasteiger partial charge in [0.2, 0.25) is 0 Å². The van der Waals surface area contributed by atoms with Crippen LogP contribution in [0.3, 0.4) is 0 Å². The van der Waals surface area contributed by atoms with Crippen molar-refractivity contribution in [1.82, 2.24) is 24.7 Å². The Morgan fingerprint density at radius 3 is 2.23 bits per heavy atom. The van der Waals surface area contributed by atoms with E-state index >= 15 is 0 Å². The van der Waals surface area contributed by atoms with Crippen molar-refractivity contribution in [1.29, 1.82) is 0 Å². The smallest absolute Gasteiger partial charge is 0.335 e. The molecule has 6 aromatic rings. The second-order valence-electron chi connectivity index (χ2n) is 9.71. The van der Waals surface area contributed by atoms with Crippen molar-refractivity contribution in [3.8, 4) is 22.3 Å². The molecule has 40 heavy (non-hydrogen) atoms. The van der Waals surface area contributed by atoms with Crippen LogP contribution in [0.4, 0.5) is 0 Å². The van der Waals surface area contributed by atoms with E-state index in [1.165, 1.54) is 6.07 Å². The van der Waals surface area contributed by atoms with E-state index in [-0.39, 0.29) is 5.56 Å². The summed E-state index contributed by atoms with van der Waals surface area (Å²) in [6, 6.07) is 18.2. The molecule has 9 heteroatoms. The molecule has 6 rings (SSSR count). The van der Waals surface area contributed by atoms with Gasteiger partial charge in [-0.05, 0) is 69.3 Å². The van der Waals surface area contributed by atoms with Gasteiger partial charge in [-0.2, -0.15) is 0 Å². The van der Waals surface area contributed by atoms with Crippen molar-refractivity contribution < 1.29 is 14.4 Å². The van der Waals surface area contributed by atoms with Crippen LogP contribution >= 0.6 is 11.6 Å². The van der Waals surface area contributed by atoms with Crippen LogP contribution in [-0.4, -0.2) is 35.8 Å². The van der Waals surface area contributed by atoms with Gasteiger partial charge in [0.05, 0.1) is 33.7 Å². The Bertz CT molecular complexity index is 1820. The second kappa shape index (κ2) is 9.73. The molecule has 0 saturated carbocycles. The molecule has 0 aliphatic heterocycles. The molecule has 0 amide bonds. The Balaban J connectivity index is 1.72. The van der Waals surface area contributed by atoms with Crippen molar-refractivity contribution in [2.24, 2.45) is 0 Å². The fraction of sp³-hybridized carbons (Fsp3) is 0.129. The summed E-state index contributed by atoms with van der Waals surface area (Å²) in [5.74, 6) is -0.353. The molecular formula is C31H24ClN5O3. The first kappa shape index (κ1) is 25.5. The minimum absolute atomic E-state index is 0.129. The third kappa shape index (κ3) is 4.04. The molecule has 8 nitrogen and oxygen atoms in total. The lowest BCUT2D eigenvalue weighted by molar-refractivity contribution is 0.0697. The fourth-order valence-corrected chi connectivity index (χ4v) is 5.47. The van der Waals surface area contributed by atoms with Crippen LogP contribution < -0.4 is 0 Å². The quantitative estimate of drug-likeness (QED) is 0.240. The zero-order chi connectivity index (χ0) is 28.0. The van der Waals surface area contributed by atoms with Gasteiger partial charge in [-0.1, -0.05) is 28.9 Å². The van der Waals surface area contributed by atoms with E-state index in [4.69, 9.17) is 31.1 Å². The van der Waals surface area contributed by atoms with Crippen molar-refractivity contribution in [2.75, 3.05) is 0 Å². The summed E-state index contributed by atoms with van der Waals surface area (Å²) in [7, 11) is 0. The lowest BCUT2D eigenvalue weighted by atomic mass is 9.91. The number of nitrogens with zero attached hydrogens (tertiary/aromatic N) is 5. The second-order valence-corrected chi connectivity index (χ2v) is 10.1.